The van der Waals surface area contributed by atoms with Crippen LogP contribution >= 0.6 is 0 Å². The van der Waals surface area contributed by atoms with Crippen LogP contribution in [0.15, 0.2) is 12.3 Å². The maximum absolute atomic E-state index is 12.8. The Morgan fingerprint density at radius 1 is 1.63 bits per heavy atom. The van der Waals surface area contributed by atoms with Crippen LogP contribution < -0.4 is 4.74 Å². The number of halogens is 2. The Balaban J connectivity index is 2.30. The second-order valence-corrected chi connectivity index (χ2v) is 4.56. The van der Waals surface area contributed by atoms with Gasteiger partial charge in [0, 0.05) is 24.8 Å². The molecule has 0 amide bonds. The van der Waals surface area contributed by atoms with Gasteiger partial charge in [0.2, 0.25) is 0 Å². The minimum Gasteiger partial charge on any atom is -0.487 e. The van der Waals surface area contributed by atoms with Crippen LogP contribution in [0, 0.1) is 11.3 Å². The first-order valence-electron chi connectivity index (χ1n) is 5.55. The van der Waals surface area contributed by atoms with Gasteiger partial charge in [0.15, 0.2) is 6.61 Å². The van der Waals surface area contributed by atoms with E-state index in [0.717, 1.165) is 6.92 Å². The molecule has 0 saturated carbocycles. The van der Waals surface area contributed by atoms with Gasteiger partial charge in [0.05, 0.1) is 13.2 Å². The molecule has 0 spiro atoms. The Morgan fingerprint density at radius 3 is 2.79 bits per heavy atom. The number of nitriles is 1. The van der Waals surface area contributed by atoms with Gasteiger partial charge in [0.25, 0.3) is 5.92 Å². The molecule has 1 aromatic rings. The lowest BCUT2D eigenvalue weighted by Crippen LogP contribution is -2.47. The lowest BCUT2D eigenvalue weighted by molar-refractivity contribution is -0.185. The molecule has 1 aliphatic rings. The maximum atomic E-state index is 12.8. The Kier molecular flexibility index (Phi) is 3.39. The molecule has 0 aromatic carbocycles. The smallest absolute Gasteiger partial charge is 0.278 e. The summed E-state index contributed by atoms with van der Waals surface area (Å²) < 4.78 is 35.6. The average Bonchev–Trinajstić information content (AvgIpc) is 2.32. The summed E-state index contributed by atoms with van der Waals surface area (Å²) in [6.07, 6.45) is 1.25. The number of ether oxygens (including phenoxy) is 2. The third-order valence-corrected chi connectivity index (χ3v) is 2.64. The first-order chi connectivity index (χ1) is 8.84. The summed E-state index contributed by atoms with van der Waals surface area (Å²) in [5.41, 5.74) is -1.01. The van der Waals surface area contributed by atoms with Crippen LogP contribution in [0.2, 0.25) is 0 Å². The van der Waals surface area contributed by atoms with Crippen molar-refractivity contribution in [3.8, 4) is 11.8 Å². The highest BCUT2D eigenvalue weighted by atomic mass is 19.3. The van der Waals surface area contributed by atoms with Crippen molar-refractivity contribution in [3.63, 3.8) is 0 Å². The van der Waals surface area contributed by atoms with Crippen molar-refractivity contribution in [2.45, 2.75) is 18.4 Å². The van der Waals surface area contributed by atoms with Gasteiger partial charge >= 0.3 is 0 Å². The third kappa shape index (κ3) is 2.97. The quantitative estimate of drug-likeness (QED) is 0.889. The van der Waals surface area contributed by atoms with E-state index in [1.165, 1.54) is 12.3 Å². The van der Waals surface area contributed by atoms with Gasteiger partial charge in [-0.25, -0.2) is 13.8 Å². The summed E-state index contributed by atoms with van der Waals surface area (Å²) in [7, 11) is 0. The molecule has 1 aromatic heterocycles. The predicted molar refractivity (Wildman–Crippen MR) is 59.8 cm³/mol. The number of aromatic nitrogens is 1. The topological polar surface area (TPSA) is 75.4 Å². The Labute approximate surface area is 108 Å². The minimum atomic E-state index is -3.01. The lowest BCUT2D eigenvalue weighted by Gasteiger charge is -2.37. The Morgan fingerprint density at radius 2 is 2.32 bits per heavy atom. The van der Waals surface area contributed by atoms with E-state index in [1.807, 2.05) is 0 Å². The monoisotopic (exact) mass is 270 g/mol. The highest BCUT2D eigenvalue weighted by Gasteiger charge is 2.41. The zero-order valence-electron chi connectivity index (χ0n) is 10.2. The highest BCUT2D eigenvalue weighted by molar-refractivity contribution is 5.41. The molecule has 0 bridgehead atoms. The molecular weight excluding hydrogens is 258 g/mol. The Bertz CT molecular complexity index is 519. The van der Waals surface area contributed by atoms with Crippen molar-refractivity contribution < 1.29 is 23.4 Å². The fourth-order valence-corrected chi connectivity index (χ4v) is 1.62. The van der Waals surface area contributed by atoms with E-state index in [9.17, 15) is 13.9 Å². The van der Waals surface area contributed by atoms with Crippen LogP contribution in [0.4, 0.5) is 8.78 Å². The van der Waals surface area contributed by atoms with E-state index < -0.39 is 18.1 Å². The van der Waals surface area contributed by atoms with Crippen LogP contribution in [-0.4, -0.2) is 35.8 Å². The normalized spacial score (nSPS) is 17.4. The Hall–Kier alpha value is -1.78. The first-order valence-corrected chi connectivity index (χ1v) is 5.55. The summed E-state index contributed by atoms with van der Waals surface area (Å²) in [6.45, 7) is -0.0367. The number of rotatable bonds is 4. The molecule has 2 rings (SSSR count). The number of hydrogen-bond acceptors (Lipinski definition) is 5. The molecule has 0 atom stereocenters. The maximum Gasteiger partial charge on any atom is 0.278 e. The SMILES string of the molecule is CC(F)(F)COc1cc(C#N)ncc1C1(O)COC1. The number of pyridine rings is 1. The van der Waals surface area contributed by atoms with E-state index in [4.69, 9.17) is 14.7 Å². The van der Waals surface area contributed by atoms with Crippen molar-refractivity contribution in [1.29, 1.82) is 5.26 Å². The van der Waals surface area contributed by atoms with Crippen molar-refractivity contribution in [3.05, 3.63) is 23.5 Å². The van der Waals surface area contributed by atoms with Gasteiger partial charge in [-0.2, -0.15) is 5.26 Å². The second kappa shape index (κ2) is 4.72. The molecule has 0 aliphatic carbocycles. The van der Waals surface area contributed by atoms with Crippen LogP contribution in [0.3, 0.4) is 0 Å². The number of alkyl halides is 2. The molecule has 1 saturated heterocycles. The molecule has 1 fully saturated rings. The molecule has 19 heavy (non-hydrogen) atoms. The van der Waals surface area contributed by atoms with Crippen LogP contribution in [0.1, 0.15) is 18.2 Å². The van der Waals surface area contributed by atoms with Gasteiger partial charge in [0.1, 0.15) is 23.1 Å². The highest BCUT2D eigenvalue weighted by Crippen LogP contribution is 2.36. The fraction of sp³-hybridized carbons (Fsp3) is 0.500. The van der Waals surface area contributed by atoms with Crippen molar-refractivity contribution in [2.24, 2.45) is 0 Å². The van der Waals surface area contributed by atoms with Crippen molar-refractivity contribution in [1.82, 2.24) is 4.98 Å². The third-order valence-electron chi connectivity index (χ3n) is 2.64. The summed E-state index contributed by atoms with van der Waals surface area (Å²) in [5.74, 6) is -2.98. The van der Waals surface area contributed by atoms with E-state index in [-0.39, 0.29) is 30.2 Å². The zero-order chi connectivity index (χ0) is 14.1. The van der Waals surface area contributed by atoms with Gasteiger partial charge in [-0.1, -0.05) is 0 Å². The number of aliphatic hydroxyl groups is 1. The summed E-state index contributed by atoms with van der Waals surface area (Å²) in [5, 5.41) is 18.9. The fourth-order valence-electron chi connectivity index (χ4n) is 1.62. The van der Waals surface area contributed by atoms with Crippen LogP contribution in [0.25, 0.3) is 0 Å². The van der Waals surface area contributed by atoms with Crippen molar-refractivity contribution >= 4 is 0 Å². The van der Waals surface area contributed by atoms with E-state index in [2.05, 4.69) is 4.98 Å². The average molecular weight is 270 g/mol. The molecule has 1 aliphatic heterocycles. The number of nitrogens with zero attached hydrogens (tertiary/aromatic N) is 2. The van der Waals surface area contributed by atoms with E-state index in [0.29, 0.717) is 0 Å². The minimum absolute atomic E-state index is 0.0267. The molecule has 0 radical (unpaired) electrons. The molecule has 1 N–H and O–H groups in total. The second-order valence-electron chi connectivity index (χ2n) is 4.56. The summed E-state index contributed by atoms with van der Waals surface area (Å²) in [6, 6.07) is 3.02. The molecule has 7 heteroatoms. The molecule has 2 heterocycles. The standard InChI is InChI=1S/C12H12F2N2O3/c1-11(13,14)5-19-10-2-8(3-15)16-4-9(10)12(17)6-18-7-12/h2,4,17H,5-7H2,1H3. The van der Waals surface area contributed by atoms with Crippen LogP contribution in [-0.2, 0) is 10.3 Å². The van der Waals surface area contributed by atoms with E-state index >= 15 is 0 Å². The van der Waals surface area contributed by atoms with Crippen molar-refractivity contribution in [2.75, 3.05) is 19.8 Å². The van der Waals surface area contributed by atoms with Gasteiger partial charge < -0.3 is 14.6 Å². The zero-order valence-corrected chi connectivity index (χ0v) is 10.2. The summed E-state index contributed by atoms with van der Waals surface area (Å²) in [4.78, 5) is 3.81. The largest absolute Gasteiger partial charge is 0.487 e. The molecule has 0 unspecified atom stereocenters. The van der Waals surface area contributed by atoms with Gasteiger partial charge in [-0.3, -0.25) is 0 Å². The van der Waals surface area contributed by atoms with Gasteiger partial charge in [-0.05, 0) is 0 Å². The predicted octanol–water partition coefficient (Wildman–Crippen LogP) is 1.21. The van der Waals surface area contributed by atoms with E-state index in [1.54, 1.807) is 6.07 Å². The molecule has 5 nitrogen and oxygen atoms in total. The first kappa shape index (κ1) is 13.6. The number of hydrogen-bond donors (Lipinski definition) is 1. The van der Waals surface area contributed by atoms with Crippen LogP contribution in [0.5, 0.6) is 5.75 Å². The lowest BCUT2D eigenvalue weighted by atomic mass is 9.92. The summed E-state index contributed by atoms with van der Waals surface area (Å²) >= 11 is 0. The molecule has 102 valence electrons. The van der Waals surface area contributed by atoms with Gasteiger partial charge in [-0.15, -0.1) is 0 Å². The molecular formula is C12H12F2N2O3.